The van der Waals surface area contributed by atoms with E-state index < -0.39 is 26.1 Å². The number of carbonyl (C=O) groups is 2. The molecule has 2 fully saturated rings. The number of esters is 1. The van der Waals surface area contributed by atoms with Crippen LogP contribution in [0.4, 0.5) is 0 Å². The zero-order chi connectivity index (χ0) is 29.1. The van der Waals surface area contributed by atoms with Gasteiger partial charge in [0.15, 0.2) is 14.4 Å². The van der Waals surface area contributed by atoms with E-state index >= 15 is 0 Å². The molecule has 4 aliphatic rings. The number of ketones is 1. The van der Waals surface area contributed by atoms with Crippen LogP contribution in [0.25, 0.3) is 0 Å². The van der Waals surface area contributed by atoms with Crippen molar-refractivity contribution in [3.05, 3.63) is 36.5 Å². The number of methoxy groups -OCH3 is 1. The second-order valence-corrected chi connectivity index (χ2v) is 18.7. The molecular formula is C32H50O6Si. The molecule has 0 aromatic heterocycles. The Morgan fingerprint density at radius 2 is 1.90 bits per heavy atom. The molecule has 4 rings (SSSR count). The fourth-order valence-electron chi connectivity index (χ4n) is 7.45. The van der Waals surface area contributed by atoms with Gasteiger partial charge in [0.2, 0.25) is 0 Å². The van der Waals surface area contributed by atoms with Crippen molar-refractivity contribution >= 4 is 20.1 Å². The smallest absolute Gasteiger partial charge is 0.335 e. The van der Waals surface area contributed by atoms with Crippen LogP contribution in [-0.4, -0.2) is 57.2 Å². The molecule has 218 valence electrons. The Bertz CT molecular complexity index is 1040. The van der Waals surface area contributed by atoms with E-state index in [2.05, 4.69) is 72.5 Å². The van der Waals surface area contributed by atoms with Crippen molar-refractivity contribution in [2.45, 2.75) is 109 Å². The van der Waals surface area contributed by atoms with Gasteiger partial charge in [0.25, 0.3) is 0 Å². The minimum absolute atomic E-state index is 0.0230. The first-order chi connectivity index (χ1) is 18.1. The lowest BCUT2D eigenvalue weighted by Gasteiger charge is -2.46. The van der Waals surface area contributed by atoms with Crippen molar-refractivity contribution in [2.75, 3.05) is 7.11 Å². The van der Waals surface area contributed by atoms with E-state index in [9.17, 15) is 9.59 Å². The van der Waals surface area contributed by atoms with Crippen molar-refractivity contribution in [2.24, 2.45) is 35.5 Å². The second-order valence-electron chi connectivity index (χ2n) is 14.0. The Balaban J connectivity index is 1.79. The fraction of sp³-hybridized carbons (Fsp3) is 0.750. The van der Waals surface area contributed by atoms with Crippen molar-refractivity contribution < 1.29 is 28.2 Å². The largest absolute Gasteiger partial charge is 0.457 e. The third kappa shape index (κ3) is 4.96. The Morgan fingerprint density at radius 1 is 1.23 bits per heavy atom. The van der Waals surface area contributed by atoms with Crippen LogP contribution in [0.1, 0.15) is 61.3 Å². The second kappa shape index (κ2) is 10.7. The molecule has 4 bridgehead atoms. The lowest BCUT2D eigenvalue weighted by atomic mass is 9.56. The number of cyclic esters (lactones) is 1. The lowest BCUT2D eigenvalue weighted by Crippen LogP contribution is -2.54. The summed E-state index contributed by atoms with van der Waals surface area (Å²) in [4.78, 5) is 27.6. The van der Waals surface area contributed by atoms with E-state index in [1.807, 2.05) is 19.9 Å². The molecule has 0 aromatic carbocycles. The summed E-state index contributed by atoms with van der Waals surface area (Å²) in [5.41, 5.74) is 0.237. The Labute approximate surface area is 236 Å². The van der Waals surface area contributed by atoms with Crippen molar-refractivity contribution in [1.29, 1.82) is 0 Å². The van der Waals surface area contributed by atoms with Crippen LogP contribution in [0.3, 0.4) is 0 Å². The minimum Gasteiger partial charge on any atom is -0.457 e. The molecule has 0 aromatic rings. The average molecular weight is 559 g/mol. The van der Waals surface area contributed by atoms with Gasteiger partial charge < -0.3 is 18.6 Å². The maximum Gasteiger partial charge on any atom is 0.335 e. The zero-order valence-electron chi connectivity index (χ0n) is 25.7. The Kier molecular flexibility index (Phi) is 8.34. The van der Waals surface area contributed by atoms with Gasteiger partial charge in [-0.3, -0.25) is 4.79 Å². The Hall–Kier alpha value is -1.54. The molecule has 0 N–H and O–H groups in total. The maximum absolute atomic E-state index is 14.0. The third-order valence-electron chi connectivity index (χ3n) is 10.6. The molecule has 2 unspecified atom stereocenters. The predicted molar refractivity (Wildman–Crippen MR) is 156 cm³/mol. The van der Waals surface area contributed by atoms with Crippen LogP contribution in [0.15, 0.2) is 36.5 Å². The Morgan fingerprint density at radius 3 is 2.49 bits per heavy atom. The number of hydrogen-bond acceptors (Lipinski definition) is 6. The molecule has 0 amide bonds. The number of allylic oxidation sites excluding steroid dienone is 1. The van der Waals surface area contributed by atoms with Gasteiger partial charge in [0.05, 0.1) is 18.1 Å². The van der Waals surface area contributed by atoms with Crippen LogP contribution in [-0.2, 0) is 28.2 Å². The van der Waals surface area contributed by atoms with E-state index in [0.717, 1.165) is 12.0 Å². The molecule has 0 radical (unpaired) electrons. The number of ether oxygens (including phenoxy) is 3. The van der Waals surface area contributed by atoms with Gasteiger partial charge >= 0.3 is 5.97 Å². The maximum atomic E-state index is 14.0. The highest BCUT2D eigenvalue weighted by atomic mass is 28.4. The van der Waals surface area contributed by atoms with Crippen molar-refractivity contribution in [3.8, 4) is 0 Å². The molecule has 1 saturated carbocycles. The summed E-state index contributed by atoms with van der Waals surface area (Å²) < 4.78 is 25.8. The van der Waals surface area contributed by atoms with E-state index in [4.69, 9.17) is 18.6 Å². The molecule has 2 aliphatic heterocycles. The topological polar surface area (TPSA) is 71.1 Å². The molecule has 6 nitrogen and oxygen atoms in total. The van der Waals surface area contributed by atoms with Crippen molar-refractivity contribution in [3.63, 3.8) is 0 Å². The molecule has 7 heteroatoms. The SMILES string of the molecule is C=CC[C@@H]1C(C)C(=O)[C@@H]2[C@H]3C=C[C@@H]4C[C@H](OC)C(=O)O[C@H](C(C)O[Si](C)(C)C(C)(C)C)[C@H](C)/C=C(\C)[C@]42O[C@H]31. The van der Waals surface area contributed by atoms with Gasteiger partial charge in [-0.1, -0.05) is 58.9 Å². The van der Waals surface area contributed by atoms with E-state index in [1.165, 1.54) is 0 Å². The summed E-state index contributed by atoms with van der Waals surface area (Å²) in [6.07, 6.45) is 7.92. The van der Waals surface area contributed by atoms with Crippen LogP contribution >= 0.6 is 0 Å². The summed E-state index contributed by atoms with van der Waals surface area (Å²) in [5.74, 6) is -0.710. The third-order valence-corrected chi connectivity index (χ3v) is 15.2. The molecule has 11 atom stereocenters. The highest BCUT2D eigenvalue weighted by Crippen LogP contribution is 2.61. The summed E-state index contributed by atoms with van der Waals surface area (Å²) >= 11 is 0. The molecule has 2 heterocycles. The summed E-state index contributed by atoms with van der Waals surface area (Å²) in [5, 5.41) is 0.0230. The fourth-order valence-corrected chi connectivity index (χ4v) is 8.87. The molecule has 1 spiro atoms. The summed E-state index contributed by atoms with van der Waals surface area (Å²) in [7, 11) is -0.567. The van der Waals surface area contributed by atoms with E-state index in [-0.39, 0.29) is 64.5 Å². The standard InChI is InChI=1S/C32H50O6Si/c1-12-13-23-20(4)27(33)26-24-15-14-22-17-25(35-9)30(34)36-28(21(5)38-39(10,11)31(6,7)8)18(2)16-19(3)32(22,26)37-29(23)24/h12,14-16,18,20-26,28-29H,1,13,17H2,2-11H3/b19-16+/t18-,20?,21?,22-,23-,24-,25+,26+,28+,29+,32+/m1/s1. The first kappa shape index (κ1) is 30.4. The van der Waals surface area contributed by atoms with Gasteiger partial charge in [0.1, 0.15) is 17.5 Å². The summed E-state index contributed by atoms with van der Waals surface area (Å²) in [6.45, 7) is 23.2. The van der Waals surface area contributed by atoms with Crippen LogP contribution in [0, 0.1) is 35.5 Å². The number of hydrogen-bond donors (Lipinski definition) is 0. The highest BCUT2D eigenvalue weighted by molar-refractivity contribution is 6.74. The number of Topliss-reactive ketones (excluding diaryl/α,β-unsaturated/α-hetero) is 1. The van der Waals surface area contributed by atoms with Crippen LogP contribution in [0.5, 0.6) is 0 Å². The van der Waals surface area contributed by atoms with Crippen molar-refractivity contribution in [1.82, 2.24) is 0 Å². The molecule has 2 aliphatic carbocycles. The summed E-state index contributed by atoms with van der Waals surface area (Å²) in [6, 6.07) is 0. The number of carbonyl (C=O) groups excluding carboxylic acids is 2. The van der Waals surface area contributed by atoms with Gasteiger partial charge in [-0.05, 0) is 56.3 Å². The van der Waals surface area contributed by atoms with Gasteiger partial charge in [0, 0.05) is 30.8 Å². The van der Waals surface area contributed by atoms with Gasteiger partial charge in [-0.15, -0.1) is 6.58 Å². The van der Waals surface area contributed by atoms with Crippen LogP contribution < -0.4 is 0 Å². The number of rotatable bonds is 6. The highest BCUT2D eigenvalue weighted by Gasteiger charge is 2.68. The predicted octanol–water partition coefficient (Wildman–Crippen LogP) is 6.28. The first-order valence-electron chi connectivity index (χ1n) is 14.7. The monoisotopic (exact) mass is 558 g/mol. The van der Waals surface area contributed by atoms with Gasteiger partial charge in [-0.25, -0.2) is 4.79 Å². The lowest BCUT2D eigenvalue weighted by molar-refractivity contribution is -0.171. The molecule has 1 saturated heterocycles. The minimum atomic E-state index is -2.12. The van der Waals surface area contributed by atoms with E-state index in [1.54, 1.807) is 7.11 Å². The van der Waals surface area contributed by atoms with Crippen LogP contribution in [0.2, 0.25) is 18.1 Å². The van der Waals surface area contributed by atoms with E-state index in [0.29, 0.717) is 6.42 Å². The molecular weight excluding hydrogens is 508 g/mol. The zero-order valence-corrected chi connectivity index (χ0v) is 26.7. The first-order valence-corrected chi connectivity index (χ1v) is 17.6. The normalized spacial score (nSPS) is 42.7. The van der Waals surface area contributed by atoms with Gasteiger partial charge in [-0.2, -0.15) is 0 Å². The quantitative estimate of drug-likeness (QED) is 0.217. The molecule has 39 heavy (non-hydrogen) atoms. The average Bonchev–Trinajstić information content (AvgIpc) is 3.04.